The number of hydrogen-bond donors (Lipinski definition) is 0. The molecule has 2 rings (SSSR count). The summed E-state index contributed by atoms with van der Waals surface area (Å²) in [6.45, 7) is 11.7. The van der Waals surface area contributed by atoms with Gasteiger partial charge in [-0.05, 0) is 43.0 Å². The van der Waals surface area contributed by atoms with Gasteiger partial charge in [-0.25, -0.2) is 0 Å². The van der Waals surface area contributed by atoms with Gasteiger partial charge in [0.25, 0.3) is 0 Å². The number of hydrogen-bond acceptors (Lipinski definition) is 2. The molecular formula is C22H32N2. The Labute approximate surface area is 148 Å². The molecule has 2 heteroatoms. The summed E-state index contributed by atoms with van der Waals surface area (Å²) >= 11 is 0. The summed E-state index contributed by atoms with van der Waals surface area (Å²) in [4.78, 5) is 4.95. The molecule has 130 valence electrons. The zero-order valence-electron chi connectivity index (χ0n) is 15.8. The molecule has 0 unspecified atom stereocenters. The zero-order valence-corrected chi connectivity index (χ0v) is 15.8. The SMILES string of the molecule is C=Cc1cccc(/C=C\C2=C(C)N(C(CCC)CCC)CN2C)c1. The molecule has 2 nitrogen and oxygen atoms in total. The van der Waals surface area contributed by atoms with Crippen LogP contribution in [0.3, 0.4) is 0 Å². The smallest absolute Gasteiger partial charge is 0.0901 e. The first-order valence-electron chi connectivity index (χ1n) is 9.19. The first-order valence-corrected chi connectivity index (χ1v) is 9.19. The highest BCUT2D eigenvalue weighted by molar-refractivity contribution is 5.58. The lowest BCUT2D eigenvalue weighted by Crippen LogP contribution is -2.34. The summed E-state index contributed by atoms with van der Waals surface area (Å²) in [7, 11) is 2.19. The highest BCUT2D eigenvalue weighted by Crippen LogP contribution is 2.29. The van der Waals surface area contributed by atoms with E-state index in [0.717, 1.165) is 12.2 Å². The number of allylic oxidation sites excluding steroid dienone is 2. The van der Waals surface area contributed by atoms with Crippen molar-refractivity contribution in [3.63, 3.8) is 0 Å². The van der Waals surface area contributed by atoms with E-state index in [1.807, 2.05) is 6.08 Å². The molecule has 0 radical (unpaired) electrons. The minimum Gasteiger partial charge on any atom is -0.356 e. The number of nitrogens with zero attached hydrogens (tertiary/aromatic N) is 2. The van der Waals surface area contributed by atoms with E-state index >= 15 is 0 Å². The molecule has 1 aromatic rings. The van der Waals surface area contributed by atoms with Crippen molar-refractivity contribution in [1.29, 1.82) is 0 Å². The highest BCUT2D eigenvalue weighted by atomic mass is 15.4. The highest BCUT2D eigenvalue weighted by Gasteiger charge is 2.27. The molecular weight excluding hydrogens is 292 g/mol. The summed E-state index contributed by atoms with van der Waals surface area (Å²) < 4.78 is 0. The molecule has 0 aromatic heterocycles. The monoisotopic (exact) mass is 324 g/mol. The Morgan fingerprint density at radius 1 is 1.12 bits per heavy atom. The maximum atomic E-state index is 3.85. The molecule has 0 amide bonds. The summed E-state index contributed by atoms with van der Waals surface area (Å²) in [6.07, 6.45) is 11.4. The lowest BCUT2D eigenvalue weighted by molar-refractivity contribution is 0.194. The molecule has 0 aliphatic carbocycles. The van der Waals surface area contributed by atoms with Crippen LogP contribution < -0.4 is 0 Å². The molecule has 0 N–H and O–H groups in total. The topological polar surface area (TPSA) is 6.48 Å². The van der Waals surface area contributed by atoms with Gasteiger partial charge in [-0.1, -0.05) is 63.6 Å². The normalized spacial score (nSPS) is 15.2. The van der Waals surface area contributed by atoms with E-state index in [1.165, 1.54) is 42.6 Å². The maximum absolute atomic E-state index is 3.85. The molecule has 1 aliphatic heterocycles. The predicted octanol–water partition coefficient (Wildman–Crippen LogP) is 5.75. The fourth-order valence-corrected chi connectivity index (χ4v) is 3.56. The maximum Gasteiger partial charge on any atom is 0.0901 e. The van der Waals surface area contributed by atoms with E-state index in [0.29, 0.717) is 6.04 Å². The predicted molar refractivity (Wildman–Crippen MR) is 106 cm³/mol. The Morgan fingerprint density at radius 2 is 1.79 bits per heavy atom. The fraction of sp³-hybridized carbons (Fsp3) is 0.455. The fourth-order valence-electron chi connectivity index (χ4n) is 3.56. The summed E-state index contributed by atoms with van der Waals surface area (Å²) in [5.74, 6) is 0. The first-order chi connectivity index (χ1) is 11.6. The van der Waals surface area contributed by atoms with Crippen LogP contribution in [0.25, 0.3) is 12.2 Å². The van der Waals surface area contributed by atoms with Crippen LogP contribution in [0.2, 0.25) is 0 Å². The van der Waals surface area contributed by atoms with Crippen molar-refractivity contribution >= 4 is 12.2 Å². The Kier molecular flexibility index (Phi) is 6.72. The van der Waals surface area contributed by atoms with E-state index in [2.05, 4.69) is 80.6 Å². The van der Waals surface area contributed by atoms with Crippen LogP contribution in [0.5, 0.6) is 0 Å². The second-order valence-electron chi connectivity index (χ2n) is 6.72. The number of benzene rings is 1. The van der Waals surface area contributed by atoms with Crippen molar-refractivity contribution < 1.29 is 0 Å². The third kappa shape index (κ3) is 4.31. The second kappa shape index (κ2) is 8.77. The van der Waals surface area contributed by atoms with Crippen LogP contribution >= 0.6 is 0 Å². The van der Waals surface area contributed by atoms with Crippen LogP contribution in [0.1, 0.15) is 57.6 Å². The van der Waals surface area contributed by atoms with Gasteiger partial charge in [0.05, 0.1) is 12.4 Å². The van der Waals surface area contributed by atoms with Gasteiger partial charge in [0, 0.05) is 18.8 Å². The molecule has 0 saturated heterocycles. The van der Waals surface area contributed by atoms with Crippen molar-refractivity contribution in [3.8, 4) is 0 Å². The van der Waals surface area contributed by atoms with Crippen LogP contribution in [0, 0.1) is 0 Å². The van der Waals surface area contributed by atoms with Gasteiger partial charge in [-0.3, -0.25) is 0 Å². The van der Waals surface area contributed by atoms with Crippen LogP contribution in [0.15, 0.2) is 48.3 Å². The van der Waals surface area contributed by atoms with Crippen molar-refractivity contribution in [2.75, 3.05) is 13.7 Å². The molecule has 1 heterocycles. The Bertz CT molecular complexity index is 606. The van der Waals surface area contributed by atoms with E-state index in [-0.39, 0.29) is 0 Å². The third-order valence-electron chi connectivity index (χ3n) is 4.84. The summed E-state index contributed by atoms with van der Waals surface area (Å²) in [6, 6.07) is 9.14. The number of rotatable bonds is 8. The van der Waals surface area contributed by atoms with E-state index in [1.54, 1.807) is 0 Å². The van der Waals surface area contributed by atoms with Crippen LogP contribution in [-0.4, -0.2) is 29.6 Å². The largest absolute Gasteiger partial charge is 0.356 e. The van der Waals surface area contributed by atoms with Crippen molar-refractivity contribution in [3.05, 3.63) is 59.4 Å². The minimum atomic E-state index is 0.664. The Balaban J connectivity index is 2.20. The van der Waals surface area contributed by atoms with Gasteiger partial charge < -0.3 is 9.80 Å². The van der Waals surface area contributed by atoms with Crippen molar-refractivity contribution in [2.45, 2.75) is 52.5 Å². The molecule has 24 heavy (non-hydrogen) atoms. The molecule has 1 aliphatic rings. The molecule has 0 bridgehead atoms. The van der Waals surface area contributed by atoms with Gasteiger partial charge in [-0.15, -0.1) is 0 Å². The van der Waals surface area contributed by atoms with E-state index in [9.17, 15) is 0 Å². The van der Waals surface area contributed by atoms with E-state index < -0.39 is 0 Å². The summed E-state index contributed by atoms with van der Waals surface area (Å²) in [5, 5.41) is 0. The second-order valence-corrected chi connectivity index (χ2v) is 6.72. The molecule has 0 spiro atoms. The van der Waals surface area contributed by atoms with Crippen molar-refractivity contribution in [2.24, 2.45) is 0 Å². The van der Waals surface area contributed by atoms with E-state index in [4.69, 9.17) is 0 Å². The standard InChI is InChI=1S/C22H32N2/c1-6-10-21(11-7-2)24-17-23(5)22(18(24)4)15-14-20-13-9-12-19(8-3)16-20/h8-9,12-16,21H,3,6-7,10-11,17H2,1-2,4-5H3/b15-14-. The Morgan fingerprint density at radius 3 is 2.42 bits per heavy atom. The van der Waals surface area contributed by atoms with Gasteiger partial charge >= 0.3 is 0 Å². The van der Waals surface area contributed by atoms with Crippen LogP contribution in [0.4, 0.5) is 0 Å². The van der Waals surface area contributed by atoms with Crippen molar-refractivity contribution in [1.82, 2.24) is 9.80 Å². The minimum absolute atomic E-state index is 0.664. The quantitative estimate of drug-likeness (QED) is 0.601. The lowest BCUT2D eigenvalue weighted by Gasteiger charge is -2.30. The molecule has 0 atom stereocenters. The van der Waals surface area contributed by atoms with Gasteiger partial charge in [0.2, 0.25) is 0 Å². The zero-order chi connectivity index (χ0) is 17.5. The third-order valence-corrected chi connectivity index (χ3v) is 4.84. The number of likely N-dealkylation sites (N-methyl/N-ethyl adjacent to an activating group) is 1. The van der Waals surface area contributed by atoms with Gasteiger partial charge in [0.1, 0.15) is 0 Å². The molecule has 0 fully saturated rings. The average molecular weight is 325 g/mol. The Hall–Kier alpha value is -1.96. The molecule has 0 saturated carbocycles. The lowest BCUT2D eigenvalue weighted by atomic mass is 10.0. The average Bonchev–Trinajstić information content (AvgIpc) is 2.87. The van der Waals surface area contributed by atoms with Crippen LogP contribution in [-0.2, 0) is 0 Å². The molecule has 1 aromatic carbocycles. The van der Waals surface area contributed by atoms with Gasteiger partial charge in [0.15, 0.2) is 0 Å². The van der Waals surface area contributed by atoms with Gasteiger partial charge in [-0.2, -0.15) is 0 Å². The first kappa shape index (κ1) is 18.4. The summed E-state index contributed by atoms with van der Waals surface area (Å²) in [5.41, 5.74) is 5.12.